The van der Waals surface area contributed by atoms with Gasteiger partial charge in [-0.3, -0.25) is 0 Å². The van der Waals surface area contributed by atoms with Gasteiger partial charge >= 0.3 is 0 Å². The Hall–Kier alpha value is -0.630. The van der Waals surface area contributed by atoms with Gasteiger partial charge in [-0.15, -0.1) is 0 Å². The molecule has 88 valence electrons. The van der Waals surface area contributed by atoms with Crippen LogP contribution in [0.4, 0.5) is 0 Å². The van der Waals surface area contributed by atoms with Gasteiger partial charge in [-0.05, 0) is 6.42 Å². The third-order valence-electron chi connectivity index (χ3n) is 4.99. The topological polar surface area (TPSA) is 50.5 Å². The van der Waals surface area contributed by atoms with E-state index in [4.69, 9.17) is 0 Å². The van der Waals surface area contributed by atoms with Crippen molar-refractivity contribution in [1.29, 1.82) is 5.26 Å². The molecule has 0 amide bonds. The fraction of sp³-hybridized carbons (Fsp3) is 0.917. The second-order valence-corrected chi connectivity index (χ2v) is 5.68. The number of hydrogen-bond acceptors (Lipinski definition) is 4. The van der Waals surface area contributed by atoms with E-state index in [9.17, 15) is 10.4 Å². The molecule has 0 spiro atoms. The Morgan fingerprint density at radius 2 is 1.88 bits per heavy atom. The van der Waals surface area contributed by atoms with Gasteiger partial charge in [-0.2, -0.15) is 5.26 Å². The zero-order chi connectivity index (χ0) is 11.4. The molecule has 0 aliphatic carbocycles. The molecule has 4 aliphatic rings. The first-order chi connectivity index (χ1) is 7.63. The molecular weight excluding hydrogens is 202 g/mol. The molecule has 0 aromatic rings. The van der Waals surface area contributed by atoms with E-state index >= 15 is 0 Å². The minimum atomic E-state index is -1.10. The molecule has 1 N–H and O–H groups in total. The number of rotatable bonds is 1. The molecule has 0 saturated carbocycles. The van der Waals surface area contributed by atoms with Gasteiger partial charge in [0, 0.05) is 50.6 Å². The molecule has 4 heterocycles. The maximum atomic E-state index is 10.8. The summed E-state index contributed by atoms with van der Waals surface area (Å²) >= 11 is 0. The summed E-state index contributed by atoms with van der Waals surface area (Å²) in [5, 5.41) is 20.2. The molecule has 4 nitrogen and oxygen atoms in total. The van der Waals surface area contributed by atoms with Crippen molar-refractivity contribution in [2.24, 2.45) is 11.3 Å². The number of fused-ring (bicyclic) bond motifs is 1. The van der Waals surface area contributed by atoms with Crippen molar-refractivity contribution in [3.63, 3.8) is 0 Å². The summed E-state index contributed by atoms with van der Waals surface area (Å²) in [6.45, 7) is 7.86. The Kier molecular flexibility index (Phi) is 2.10. The highest BCUT2D eigenvalue weighted by molar-refractivity contribution is 5.22. The molecule has 4 saturated heterocycles. The van der Waals surface area contributed by atoms with Crippen LogP contribution in [-0.2, 0) is 0 Å². The SMILES string of the molecule is CCC12CN3CCN(CC(C3)C1(O)C#N)C2. The standard InChI is InChI=1S/C12H19N3O/c1-2-11-8-14-3-4-15(9-11)6-10(5-14)12(11,16)7-13/h10,16H,2-6,8-9H2,1H3. The lowest BCUT2D eigenvalue weighted by molar-refractivity contribution is -0.165. The first-order valence-corrected chi connectivity index (χ1v) is 6.22. The van der Waals surface area contributed by atoms with Crippen LogP contribution in [0.25, 0.3) is 0 Å². The first kappa shape index (κ1) is 10.5. The van der Waals surface area contributed by atoms with Crippen molar-refractivity contribution in [3.8, 4) is 6.07 Å². The van der Waals surface area contributed by atoms with E-state index in [0.717, 1.165) is 45.7 Å². The Balaban J connectivity index is 2.08. The molecule has 0 radical (unpaired) electrons. The fourth-order valence-electron chi connectivity index (χ4n) is 3.98. The second kappa shape index (κ2) is 3.19. The fourth-order valence-corrected chi connectivity index (χ4v) is 3.98. The average Bonchev–Trinajstić information content (AvgIpc) is 2.54. The number of nitriles is 1. The lowest BCUT2D eigenvalue weighted by Crippen LogP contribution is -2.70. The van der Waals surface area contributed by atoms with Crippen LogP contribution < -0.4 is 0 Å². The second-order valence-electron chi connectivity index (χ2n) is 5.68. The van der Waals surface area contributed by atoms with Crippen LogP contribution >= 0.6 is 0 Å². The van der Waals surface area contributed by atoms with Gasteiger partial charge in [0.25, 0.3) is 0 Å². The van der Waals surface area contributed by atoms with Crippen molar-refractivity contribution in [2.75, 3.05) is 39.3 Å². The highest BCUT2D eigenvalue weighted by atomic mass is 16.3. The predicted molar refractivity (Wildman–Crippen MR) is 59.7 cm³/mol. The molecular formula is C12H19N3O. The van der Waals surface area contributed by atoms with Crippen LogP contribution in [0.15, 0.2) is 0 Å². The Morgan fingerprint density at radius 3 is 2.31 bits per heavy atom. The number of nitrogens with zero attached hydrogens (tertiary/aromatic N) is 3. The van der Waals surface area contributed by atoms with Crippen molar-refractivity contribution in [2.45, 2.75) is 18.9 Å². The molecule has 4 heteroatoms. The monoisotopic (exact) mass is 221 g/mol. The van der Waals surface area contributed by atoms with Crippen molar-refractivity contribution in [3.05, 3.63) is 0 Å². The van der Waals surface area contributed by atoms with E-state index in [2.05, 4.69) is 22.8 Å². The molecule has 4 rings (SSSR count). The summed E-state index contributed by atoms with van der Waals surface area (Å²) < 4.78 is 0. The largest absolute Gasteiger partial charge is 0.374 e. The van der Waals surface area contributed by atoms with Gasteiger partial charge in [-0.25, -0.2) is 0 Å². The number of aliphatic hydroxyl groups is 1. The summed E-state index contributed by atoms with van der Waals surface area (Å²) in [7, 11) is 0. The molecule has 0 aromatic carbocycles. The zero-order valence-corrected chi connectivity index (χ0v) is 9.82. The van der Waals surface area contributed by atoms with Crippen molar-refractivity contribution >= 4 is 0 Å². The summed E-state index contributed by atoms with van der Waals surface area (Å²) in [5.41, 5.74) is -1.32. The van der Waals surface area contributed by atoms with Gasteiger partial charge in [0.05, 0.1) is 6.07 Å². The minimum Gasteiger partial charge on any atom is -0.374 e. The van der Waals surface area contributed by atoms with Crippen LogP contribution in [0.2, 0.25) is 0 Å². The summed E-state index contributed by atoms with van der Waals surface area (Å²) in [6, 6.07) is 2.25. The molecule has 4 fully saturated rings. The van der Waals surface area contributed by atoms with Crippen LogP contribution in [0.3, 0.4) is 0 Å². The Morgan fingerprint density at radius 1 is 1.31 bits per heavy atom. The minimum absolute atomic E-state index is 0.113. The summed E-state index contributed by atoms with van der Waals surface area (Å²) in [6.07, 6.45) is 0.889. The lowest BCUT2D eigenvalue weighted by Gasteiger charge is -2.57. The van der Waals surface area contributed by atoms with E-state index in [1.54, 1.807) is 0 Å². The molecule has 4 aliphatic heterocycles. The highest BCUT2D eigenvalue weighted by Gasteiger charge is 2.62. The van der Waals surface area contributed by atoms with E-state index in [1.165, 1.54) is 0 Å². The predicted octanol–water partition coefficient (Wildman–Crippen LogP) is -0.102. The van der Waals surface area contributed by atoms with Crippen LogP contribution in [0, 0.1) is 22.7 Å². The van der Waals surface area contributed by atoms with Gasteiger partial charge in [0.15, 0.2) is 5.60 Å². The third kappa shape index (κ3) is 1.09. The molecule has 3 atom stereocenters. The van der Waals surface area contributed by atoms with Crippen molar-refractivity contribution in [1.82, 2.24) is 9.80 Å². The zero-order valence-electron chi connectivity index (χ0n) is 9.82. The van der Waals surface area contributed by atoms with Crippen LogP contribution in [0.5, 0.6) is 0 Å². The number of piperidine rings is 2. The maximum Gasteiger partial charge on any atom is 0.164 e. The van der Waals surface area contributed by atoms with Gasteiger partial charge in [-0.1, -0.05) is 6.92 Å². The Bertz CT molecular complexity index is 335. The van der Waals surface area contributed by atoms with E-state index < -0.39 is 5.60 Å². The lowest BCUT2D eigenvalue weighted by atomic mass is 9.59. The Labute approximate surface area is 96.4 Å². The molecule has 4 bridgehead atoms. The van der Waals surface area contributed by atoms with Gasteiger partial charge < -0.3 is 14.9 Å². The quantitative estimate of drug-likeness (QED) is 0.628. The third-order valence-corrected chi connectivity index (χ3v) is 4.99. The smallest absolute Gasteiger partial charge is 0.164 e. The highest BCUT2D eigenvalue weighted by Crippen LogP contribution is 2.49. The molecule has 3 unspecified atom stereocenters. The summed E-state index contributed by atoms with van der Waals surface area (Å²) in [4.78, 5) is 4.87. The van der Waals surface area contributed by atoms with E-state index in [0.29, 0.717) is 0 Å². The average molecular weight is 221 g/mol. The normalized spacial score (nSPS) is 54.7. The van der Waals surface area contributed by atoms with Crippen molar-refractivity contribution < 1.29 is 5.11 Å². The molecule has 16 heavy (non-hydrogen) atoms. The van der Waals surface area contributed by atoms with E-state index in [1.807, 2.05) is 0 Å². The number of hydrogen-bond donors (Lipinski definition) is 1. The summed E-state index contributed by atoms with van der Waals surface area (Å²) in [5.74, 6) is 0.113. The van der Waals surface area contributed by atoms with Gasteiger partial charge in [0.2, 0.25) is 0 Å². The van der Waals surface area contributed by atoms with Crippen LogP contribution in [-0.4, -0.2) is 59.8 Å². The van der Waals surface area contributed by atoms with Crippen LogP contribution in [0.1, 0.15) is 13.3 Å². The van der Waals surface area contributed by atoms with E-state index in [-0.39, 0.29) is 11.3 Å². The first-order valence-electron chi connectivity index (χ1n) is 6.22. The maximum absolute atomic E-state index is 10.8. The van der Waals surface area contributed by atoms with Gasteiger partial charge in [0.1, 0.15) is 0 Å². The molecule has 0 aromatic heterocycles.